The third-order valence-corrected chi connectivity index (χ3v) is 8.38. The van der Waals surface area contributed by atoms with Crippen molar-refractivity contribution in [1.82, 2.24) is 0 Å². The fourth-order valence-corrected chi connectivity index (χ4v) is 5.67. The van der Waals surface area contributed by atoms with Gasteiger partial charge in [-0.25, -0.2) is 0 Å². The summed E-state index contributed by atoms with van der Waals surface area (Å²) in [6.07, 6.45) is 19.4. The lowest BCUT2D eigenvalue weighted by molar-refractivity contribution is -0.117. The topological polar surface area (TPSA) is 75.3 Å². The molecule has 5 nitrogen and oxygen atoms in total. The maximum atomic E-state index is 13.2. The number of nitrogens with one attached hydrogen (secondary N) is 2. The lowest BCUT2D eigenvalue weighted by Gasteiger charge is -2.09. The van der Waals surface area contributed by atoms with Crippen molar-refractivity contribution in [3.05, 3.63) is 59.7 Å². The molecule has 0 bridgehead atoms. The lowest BCUT2D eigenvalue weighted by atomic mass is 10.0. The number of unbranched alkanes of at least 4 members (excludes halogenated alkanes) is 12. The van der Waals surface area contributed by atoms with E-state index in [-0.39, 0.29) is 17.6 Å². The molecular weight excluding hydrogens is 585 g/mol. The number of carbonyl (C=O) groups excluding carboxylic acids is 3. The summed E-state index contributed by atoms with van der Waals surface area (Å²) in [6, 6.07) is 14.1. The molecule has 2 amide bonds. The summed E-state index contributed by atoms with van der Waals surface area (Å²) in [5, 5.41) is 6.86. The van der Waals surface area contributed by atoms with E-state index in [0.717, 1.165) is 38.5 Å². The van der Waals surface area contributed by atoms with E-state index in [4.69, 9.17) is 0 Å². The molecule has 0 saturated heterocycles. The maximum absolute atomic E-state index is 13.2. The first-order valence-corrected chi connectivity index (χ1v) is 18.0. The van der Waals surface area contributed by atoms with Gasteiger partial charge in [0.15, 0.2) is 5.78 Å². The summed E-state index contributed by atoms with van der Waals surface area (Å²) in [4.78, 5) is 38.2. The zero-order valence-electron chi connectivity index (χ0n) is 27.1. The Hall–Kier alpha value is -2.25. The number of hydrogen-bond acceptors (Lipinski definition) is 5. The second kappa shape index (κ2) is 23.1. The Morgan fingerprint density at radius 1 is 0.545 bits per heavy atom. The van der Waals surface area contributed by atoms with Crippen LogP contribution in [0.25, 0.3) is 0 Å². The average Bonchev–Trinajstić information content (AvgIpc) is 2.99. The molecule has 0 heterocycles. The van der Waals surface area contributed by atoms with Crippen LogP contribution in [0.2, 0.25) is 0 Å². The molecule has 0 aromatic heterocycles. The third kappa shape index (κ3) is 17.9. The van der Waals surface area contributed by atoms with Crippen LogP contribution in [0.5, 0.6) is 0 Å². The smallest absolute Gasteiger partial charge is 0.224 e. The number of hydrogen-bond donors (Lipinski definition) is 4. The molecule has 2 aromatic rings. The zero-order valence-corrected chi connectivity index (χ0v) is 28.9. The number of rotatable bonds is 24. The monoisotopic (exact) mass is 640 g/mol. The predicted octanol–water partition coefficient (Wildman–Crippen LogP) is 10.5. The van der Waals surface area contributed by atoms with Crippen molar-refractivity contribution < 1.29 is 14.4 Å². The summed E-state index contributed by atoms with van der Waals surface area (Å²) >= 11 is 8.85. The molecule has 2 rings (SSSR count). The minimum Gasteiger partial charge on any atom is -0.326 e. The minimum atomic E-state index is -0.148. The van der Waals surface area contributed by atoms with Crippen molar-refractivity contribution in [2.75, 3.05) is 10.6 Å². The molecule has 44 heavy (non-hydrogen) atoms. The van der Waals surface area contributed by atoms with Crippen molar-refractivity contribution in [3.8, 4) is 0 Å². The van der Waals surface area contributed by atoms with Crippen molar-refractivity contribution in [3.63, 3.8) is 0 Å². The van der Waals surface area contributed by atoms with E-state index in [1.54, 1.807) is 48.5 Å². The van der Waals surface area contributed by atoms with E-state index < -0.39 is 0 Å². The van der Waals surface area contributed by atoms with Gasteiger partial charge in [0.2, 0.25) is 11.8 Å². The third-order valence-electron chi connectivity index (χ3n) is 7.87. The molecule has 7 heteroatoms. The van der Waals surface area contributed by atoms with Crippen LogP contribution in [0.4, 0.5) is 11.4 Å². The van der Waals surface area contributed by atoms with Crippen LogP contribution >= 0.6 is 25.3 Å². The summed E-state index contributed by atoms with van der Waals surface area (Å²) in [5.41, 5.74) is 2.24. The Morgan fingerprint density at radius 3 is 1.25 bits per heavy atom. The number of anilines is 2. The molecule has 0 aliphatic heterocycles. The number of thiol groups is 2. The standard InChI is InChI=1S/C37H56N2O3S2/c1-29(43)19-13-9-5-3-7-11-15-25-35(40)38-33-23-17-21-31(27-33)37(42)32-22-18-24-34(28-32)39-36(41)26-16-12-8-4-6-10-14-20-30(2)44/h17-18,21-24,27-30,43-44H,3-16,19-20,25-26H2,1-2H3,(H,38,40)(H,39,41). The van der Waals surface area contributed by atoms with Crippen molar-refractivity contribution in [2.45, 2.75) is 140 Å². The molecule has 0 aliphatic carbocycles. The van der Waals surface area contributed by atoms with Gasteiger partial charge < -0.3 is 10.6 Å². The van der Waals surface area contributed by atoms with Crippen LogP contribution in [0.3, 0.4) is 0 Å². The van der Waals surface area contributed by atoms with E-state index in [9.17, 15) is 14.4 Å². The lowest BCUT2D eigenvalue weighted by Crippen LogP contribution is -2.12. The van der Waals surface area contributed by atoms with Crippen molar-refractivity contribution in [2.24, 2.45) is 0 Å². The van der Waals surface area contributed by atoms with Gasteiger partial charge in [-0.1, -0.05) is 115 Å². The quantitative estimate of drug-likeness (QED) is 0.0524. The van der Waals surface area contributed by atoms with Gasteiger partial charge in [0, 0.05) is 35.3 Å². The Bertz CT molecular complexity index is 1030. The number of benzene rings is 2. The van der Waals surface area contributed by atoms with Gasteiger partial charge in [-0.15, -0.1) is 0 Å². The van der Waals surface area contributed by atoms with Gasteiger partial charge in [0.1, 0.15) is 0 Å². The largest absolute Gasteiger partial charge is 0.326 e. The minimum absolute atomic E-state index is 0.0269. The van der Waals surface area contributed by atoms with E-state index in [0.29, 0.717) is 45.8 Å². The molecule has 0 fully saturated rings. The zero-order chi connectivity index (χ0) is 32.0. The molecule has 2 N–H and O–H groups in total. The molecule has 0 saturated carbocycles. The molecular formula is C37H56N2O3S2. The first-order valence-electron chi connectivity index (χ1n) is 16.9. The summed E-state index contributed by atoms with van der Waals surface area (Å²) in [7, 11) is 0. The van der Waals surface area contributed by atoms with Gasteiger partial charge in [-0.2, -0.15) is 25.3 Å². The fraction of sp³-hybridized carbons (Fsp3) is 0.595. The van der Waals surface area contributed by atoms with Gasteiger partial charge in [-0.3, -0.25) is 14.4 Å². The highest BCUT2D eigenvalue weighted by molar-refractivity contribution is 7.81. The Balaban J connectivity index is 1.69. The fourth-order valence-electron chi connectivity index (χ4n) is 5.31. The normalized spacial score (nSPS) is 12.5. The van der Waals surface area contributed by atoms with Crippen LogP contribution in [-0.4, -0.2) is 28.1 Å². The van der Waals surface area contributed by atoms with Crippen LogP contribution < -0.4 is 10.6 Å². The van der Waals surface area contributed by atoms with Crippen LogP contribution in [-0.2, 0) is 9.59 Å². The van der Waals surface area contributed by atoms with E-state index in [1.165, 1.54) is 64.2 Å². The van der Waals surface area contributed by atoms with Crippen molar-refractivity contribution >= 4 is 54.2 Å². The van der Waals surface area contributed by atoms with E-state index >= 15 is 0 Å². The second-order valence-electron chi connectivity index (χ2n) is 12.3. The van der Waals surface area contributed by atoms with E-state index in [1.807, 2.05) is 0 Å². The van der Waals surface area contributed by atoms with Crippen LogP contribution in [0, 0.1) is 0 Å². The van der Waals surface area contributed by atoms with Gasteiger partial charge >= 0.3 is 0 Å². The summed E-state index contributed by atoms with van der Waals surface area (Å²) in [5.74, 6) is -0.202. The van der Waals surface area contributed by atoms with Crippen molar-refractivity contribution in [1.29, 1.82) is 0 Å². The SMILES string of the molecule is CC(S)CCCCCCCCCC(=O)Nc1cccc(C(=O)c2cccc(NC(=O)CCCCCCCCCC(C)S)c2)c1. The highest BCUT2D eigenvalue weighted by atomic mass is 32.1. The number of amides is 2. The number of carbonyl (C=O) groups is 3. The Kier molecular flexibility index (Phi) is 20.0. The highest BCUT2D eigenvalue weighted by Gasteiger charge is 2.12. The summed E-state index contributed by atoms with van der Waals surface area (Å²) in [6.45, 7) is 4.28. The molecule has 2 unspecified atom stereocenters. The van der Waals surface area contributed by atoms with Gasteiger partial charge in [0.05, 0.1) is 0 Å². The first kappa shape index (κ1) is 37.9. The Labute approximate surface area is 278 Å². The second-order valence-corrected chi connectivity index (χ2v) is 14.1. The molecule has 2 atom stereocenters. The molecule has 0 spiro atoms. The number of ketones is 1. The van der Waals surface area contributed by atoms with E-state index in [2.05, 4.69) is 49.7 Å². The maximum Gasteiger partial charge on any atom is 0.224 e. The highest BCUT2D eigenvalue weighted by Crippen LogP contribution is 2.19. The summed E-state index contributed by atoms with van der Waals surface area (Å²) < 4.78 is 0. The van der Waals surface area contributed by atoms with Crippen LogP contribution in [0.15, 0.2) is 48.5 Å². The van der Waals surface area contributed by atoms with Gasteiger partial charge in [0.25, 0.3) is 0 Å². The molecule has 244 valence electrons. The van der Waals surface area contributed by atoms with Gasteiger partial charge in [-0.05, 0) is 60.4 Å². The van der Waals surface area contributed by atoms with Crippen LogP contribution in [0.1, 0.15) is 145 Å². The Morgan fingerprint density at radius 2 is 0.886 bits per heavy atom. The molecule has 0 radical (unpaired) electrons. The molecule has 2 aromatic carbocycles. The predicted molar refractivity (Wildman–Crippen MR) is 194 cm³/mol. The molecule has 0 aliphatic rings. The first-order chi connectivity index (χ1) is 21.2. The average molecular weight is 641 g/mol.